The molecule has 0 radical (unpaired) electrons. The summed E-state index contributed by atoms with van der Waals surface area (Å²) in [5.41, 5.74) is 2.21. The first-order valence-corrected chi connectivity index (χ1v) is 9.60. The summed E-state index contributed by atoms with van der Waals surface area (Å²) in [5, 5.41) is 3.24. The van der Waals surface area contributed by atoms with Crippen LogP contribution in [0, 0.1) is 5.92 Å². The molecule has 0 saturated heterocycles. The minimum Gasteiger partial charge on any atom is -0.369 e. The maximum Gasteiger partial charge on any atom is 0.278 e. The molecular formula is C23H26N4O. The first-order chi connectivity index (χ1) is 13.6. The van der Waals surface area contributed by atoms with Crippen LogP contribution >= 0.6 is 0 Å². The van der Waals surface area contributed by atoms with Crippen molar-refractivity contribution in [2.24, 2.45) is 5.92 Å². The fourth-order valence-electron chi connectivity index (χ4n) is 2.81. The minimum absolute atomic E-state index is 0.170. The van der Waals surface area contributed by atoms with Gasteiger partial charge in [0.05, 0.1) is 18.9 Å². The Hall–Kier alpha value is -3.21. The standard InChI is InChI=1S/C23H26N4O/c1-18(2)13-14-24-22-16-25-21(15-26-22)23(28)27(20-11-7-4-8-12-20)17-19-9-5-3-6-10-19/h3-12,15-16,18H,13-14,17H2,1-2H3,(H,24,26). The largest absolute Gasteiger partial charge is 0.369 e. The number of benzene rings is 2. The third-order valence-electron chi connectivity index (χ3n) is 4.40. The van der Waals surface area contributed by atoms with Gasteiger partial charge in [-0.15, -0.1) is 0 Å². The van der Waals surface area contributed by atoms with Gasteiger partial charge in [-0.1, -0.05) is 62.4 Å². The van der Waals surface area contributed by atoms with Crippen LogP contribution in [-0.2, 0) is 6.54 Å². The van der Waals surface area contributed by atoms with Gasteiger partial charge in [0.2, 0.25) is 0 Å². The Balaban J connectivity index is 1.77. The molecule has 3 rings (SSSR count). The zero-order chi connectivity index (χ0) is 19.8. The molecule has 1 aromatic heterocycles. The topological polar surface area (TPSA) is 58.1 Å². The van der Waals surface area contributed by atoms with E-state index in [0.29, 0.717) is 24.0 Å². The molecule has 1 heterocycles. The average molecular weight is 374 g/mol. The Labute approximate surface area is 166 Å². The normalized spacial score (nSPS) is 10.7. The van der Waals surface area contributed by atoms with Crippen LogP contribution in [0.15, 0.2) is 73.1 Å². The summed E-state index contributed by atoms with van der Waals surface area (Å²) in [6, 6.07) is 19.6. The summed E-state index contributed by atoms with van der Waals surface area (Å²) in [6.45, 7) is 5.67. The number of amides is 1. The average Bonchev–Trinajstić information content (AvgIpc) is 2.73. The number of rotatable bonds is 8. The molecule has 0 aliphatic carbocycles. The van der Waals surface area contributed by atoms with Gasteiger partial charge in [0, 0.05) is 12.2 Å². The number of carbonyl (C=O) groups excluding carboxylic acids is 1. The smallest absolute Gasteiger partial charge is 0.278 e. The highest BCUT2D eigenvalue weighted by atomic mass is 16.2. The molecule has 0 atom stereocenters. The van der Waals surface area contributed by atoms with Gasteiger partial charge in [0.15, 0.2) is 0 Å². The maximum atomic E-state index is 13.2. The highest BCUT2D eigenvalue weighted by molar-refractivity contribution is 6.04. The number of nitrogens with zero attached hydrogens (tertiary/aromatic N) is 3. The molecule has 1 amide bonds. The fraction of sp³-hybridized carbons (Fsp3) is 0.261. The first kappa shape index (κ1) is 19.5. The van der Waals surface area contributed by atoms with Crippen LogP contribution in [-0.4, -0.2) is 22.4 Å². The number of hydrogen-bond acceptors (Lipinski definition) is 4. The van der Waals surface area contributed by atoms with Crippen molar-refractivity contribution in [3.05, 3.63) is 84.3 Å². The Morgan fingerprint density at radius 3 is 2.25 bits per heavy atom. The third-order valence-corrected chi connectivity index (χ3v) is 4.40. The van der Waals surface area contributed by atoms with Gasteiger partial charge in [0.1, 0.15) is 11.5 Å². The second kappa shape index (κ2) is 9.65. The van der Waals surface area contributed by atoms with Crippen LogP contribution in [0.3, 0.4) is 0 Å². The second-order valence-corrected chi connectivity index (χ2v) is 7.11. The van der Waals surface area contributed by atoms with Crippen LogP contribution in [0.1, 0.15) is 36.3 Å². The lowest BCUT2D eigenvalue weighted by Crippen LogP contribution is -2.31. The molecule has 1 N–H and O–H groups in total. The van der Waals surface area contributed by atoms with E-state index in [1.165, 1.54) is 0 Å². The van der Waals surface area contributed by atoms with Gasteiger partial charge < -0.3 is 10.2 Å². The molecule has 0 aliphatic rings. The molecule has 5 heteroatoms. The zero-order valence-electron chi connectivity index (χ0n) is 16.4. The summed E-state index contributed by atoms with van der Waals surface area (Å²) in [5.74, 6) is 1.14. The van der Waals surface area contributed by atoms with E-state index < -0.39 is 0 Å². The highest BCUT2D eigenvalue weighted by Crippen LogP contribution is 2.19. The summed E-state index contributed by atoms with van der Waals surface area (Å²) < 4.78 is 0. The van der Waals surface area contributed by atoms with Gasteiger partial charge >= 0.3 is 0 Å². The molecule has 0 fully saturated rings. The number of para-hydroxylation sites is 1. The molecule has 0 aliphatic heterocycles. The van der Waals surface area contributed by atoms with Gasteiger partial charge in [-0.3, -0.25) is 4.79 Å². The van der Waals surface area contributed by atoms with Crippen molar-refractivity contribution in [2.45, 2.75) is 26.8 Å². The molecule has 3 aromatic rings. The molecular weight excluding hydrogens is 348 g/mol. The molecule has 28 heavy (non-hydrogen) atoms. The first-order valence-electron chi connectivity index (χ1n) is 9.60. The predicted molar refractivity (Wildman–Crippen MR) is 113 cm³/mol. The summed E-state index contributed by atoms with van der Waals surface area (Å²) in [4.78, 5) is 23.6. The summed E-state index contributed by atoms with van der Waals surface area (Å²) in [7, 11) is 0. The number of carbonyl (C=O) groups is 1. The lowest BCUT2D eigenvalue weighted by molar-refractivity contribution is 0.0980. The fourth-order valence-corrected chi connectivity index (χ4v) is 2.81. The molecule has 5 nitrogen and oxygen atoms in total. The predicted octanol–water partition coefficient (Wildman–Crippen LogP) is 4.78. The Kier molecular flexibility index (Phi) is 6.73. The Bertz CT molecular complexity index is 864. The third kappa shape index (κ3) is 5.39. The molecule has 2 aromatic carbocycles. The van der Waals surface area contributed by atoms with E-state index in [-0.39, 0.29) is 5.91 Å². The molecule has 0 bridgehead atoms. The Morgan fingerprint density at radius 2 is 1.64 bits per heavy atom. The van der Waals surface area contributed by atoms with Crippen molar-refractivity contribution >= 4 is 17.4 Å². The number of aromatic nitrogens is 2. The lowest BCUT2D eigenvalue weighted by atomic mass is 10.1. The van der Waals surface area contributed by atoms with Crippen molar-refractivity contribution in [1.82, 2.24) is 9.97 Å². The number of nitrogens with one attached hydrogen (secondary N) is 1. The van der Waals surface area contributed by atoms with Crippen LogP contribution in [0.4, 0.5) is 11.5 Å². The van der Waals surface area contributed by atoms with Crippen molar-refractivity contribution < 1.29 is 4.79 Å². The van der Waals surface area contributed by atoms with Crippen LogP contribution < -0.4 is 10.2 Å². The van der Waals surface area contributed by atoms with Crippen molar-refractivity contribution in [2.75, 3.05) is 16.8 Å². The molecule has 0 saturated carbocycles. The van der Waals surface area contributed by atoms with E-state index in [4.69, 9.17) is 0 Å². The van der Waals surface area contributed by atoms with E-state index >= 15 is 0 Å². The van der Waals surface area contributed by atoms with E-state index in [2.05, 4.69) is 29.1 Å². The van der Waals surface area contributed by atoms with Gasteiger partial charge in [-0.2, -0.15) is 0 Å². The van der Waals surface area contributed by atoms with Gasteiger partial charge in [0.25, 0.3) is 5.91 Å². The van der Waals surface area contributed by atoms with E-state index in [9.17, 15) is 4.79 Å². The second-order valence-electron chi connectivity index (χ2n) is 7.11. The highest BCUT2D eigenvalue weighted by Gasteiger charge is 2.19. The van der Waals surface area contributed by atoms with Crippen molar-refractivity contribution in [1.29, 1.82) is 0 Å². The van der Waals surface area contributed by atoms with E-state index in [1.54, 1.807) is 17.3 Å². The van der Waals surface area contributed by atoms with Gasteiger partial charge in [-0.05, 0) is 30.0 Å². The van der Waals surface area contributed by atoms with Crippen LogP contribution in [0.5, 0.6) is 0 Å². The van der Waals surface area contributed by atoms with Crippen LogP contribution in [0.25, 0.3) is 0 Å². The molecule has 144 valence electrons. The van der Waals surface area contributed by atoms with Crippen LogP contribution in [0.2, 0.25) is 0 Å². The Morgan fingerprint density at radius 1 is 0.964 bits per heavy atom. The quantitative estimate of drug-likeness (QED) is 0.616. The minimum atomic E-state index is -0.170. The lowest BCUT2D eigenvalue weighted by Gasteiger charge is -2.22. The van der Waals surface area contributed by atoms with E-state index in [0.717, 1.165) is 24.2 Å². The van der Waals surface area contributed by atoms with Crippen molar-refractivity contribution in [3.8, 4) is 0 Å². The number of anilines is 2. The van der Waals surface area contributed by atoms with E-state index in [1.807, 2.05) is 60.7 Å². The maximum absolute atomic E-state index is 13.2. The number of hydrogen-bond donors (Lipinski definition) is 1. The summed E-state index contributed by atoms with van der Waals surface area (Å²) >= 11 is 0. The van der Waals surface area contributed by atoms with Gasteiger partial charge in [-0.25, -0.2) is 9.97 Å². The molecule has 0 spiro atoms. The summed E-state index contributed by atoms with van der Waals surface area (Å²) in [6.07, 6.45) is 4.22. The zero-order valence-corrected chi connectivity index (χ0v) is 16.4. The monoisotopic (exact) mass is 374 g/mol. The molecule has 0 unspecified atom stereocenters. The van der Waals surface area contributed by atoms with Crippen molar-refractivity contribution in [3.63, 3.8) is 0 Å². The SMILES string of the molecule is CC(C)CCNc1cnc(C(=O)N(Cc2ccccc2)c2ccccc2)cn1.